The SMILES string of the molecule is O=C(CSc1cn(Cc2ccccc2)c2ccccc12)N1CCN(c2ccccc2)CC1. The second-order valence-electron chi connectivity index (χ2n) is 8.12. The molecule has 0 atom stereocenters. The third kappa shape index (κ3) is 4.53. The second-order valence-corrected chi connectivity index (χ2v) is 9.13. The Balaban J connectivity index is 1.23. The summed E-state index contributed by atoms with van der Waals surface area (Å²) < 4.78 is 2.29. The van der Waals surface area contributed by atoms with E-state index < -0.39 is 0 Å². The van der Waals surface area contributed by atoms with Crippen LogP contribution in [0.5, 0.6) is 0 Å². The Kier molecular flexibility index (Phi) is 6.17. The summed E-state index contributed by atoms with van der Waals surface area (Å²) in [6.45, 7) is 4.17. The van der Waals surface area contributed by atoms with Gasteiger partial charge in [-0.2, -0.15) is 0 Å². The lowest BCUT2D eigenvalue weighted by Crippen LogP contribution is -2.49. The largest absolute Gasteiger partial charge is 0.368 e. The van der Waals surface area contributed by atoms with Crippen LogP contribution in [0.15, 0.2) is 96.0 Å². The molecule has 4 nitrogen and oxygen atoms in total. The highest BCUT2D eigenvalue weighted by atomic mass is 32.2. The molecule has 2 heterocycles. The first-order chi connectivity index (χ1) is 15.8. The van der Waals surface area contributed by atoms with Gasteiger partial charge in [-0.05, 0) is 23.8 Å². The molecule has 5 heteroatoms. The first-order valence-corrected chi connectivity index (χ1v) is 12.1. The third-order valence-electron chi connectivity index (χ3n) is 6.05. The molecule has 1 fully saturated rings. The molecule has 0 aliphatic carbocycles. The zero-order valence-electron chi connectivity index (χ0n) is 18.1. The lowest BCUT2D eigenvalue weighted by Gasteiger charge is -2.36. The lowest BCUT2D eigenvalue weighted by atomic mass is 10.2. The molecular formula is C27H27N3OS. The van der Waals surface area contributed by atoms with E-state index in [2.05, 4.69) is 88.5 Å². The predicted octanol–water partition coefficient (Wildman–Crippen LogP) is 5.13. The first-order valence-electron chi connectivity index (χ1n) is 11.1. The number of thioether (sulfide) groups is 1. The molecule has 5 rings (SSSR count). The van der Waals surface area contributed by atoms with Gasteiger partial charge < -0.3 is 14.4 Å². The van der Waals surface area contributed by atoms with Gasteiger partial charge in [-0.15, -0.1) is 11.8 Å². The van der Waals surface area contributed by atoms with Crippen molar-refractivity contribution < 1.29 is 4.79 Å². The number of fused-ring (bicyclic) bond motifs is 1. The molecule has 3 aromatic carbocycles. The fourth-order valence-corrected chi connectivity index (χ4v) is 5.31. The summed E-state index contributed by atoms with van der Waals surface area (Å²) in [7, 11) is 0. The van der Waals surface area contributed by atoms with Crippen LogP contribution in [0.4, 0.5) is 5.69 Å². The number of carbonyl (C=O) groups is 1. The van der Waals surface area contributed by atoms with Gasteiger partial charge in [0.2, 0.25) is 5.91 Å². The molecule has 0 radical (unpaired) electrons. The minimum Gasteiger partial charge on any atom is -0.368 e. The molecule has 0 bridgehead atoms. The number of para-hydroxylation sites is 2. The van der Waals surface area contributed by atoms with Gasteiger partial charge >= 0.3 is 0 Å². The molecule has 32 heavy (non-hydrogen) atoms. The minimum absolute atomic E-state index is 0.225. The summed E-state index contributed by atoms with van der Waals surface area (Å²) in [6.07, 6.45) is 2.20. The third-order valence-corrected chi connectivity index (χ3v) is 7.08. The maximum atomic E-state index is 12.9. The van der Waals surface area contributed by atoms with E-state index in [0.29, 0.717) is 5.75 Å². The van der Waals surface area contributed by atoms with Gasteiger partial charge in [0.25, 0.3) is 0 Å². The number of hydrogen-bond acceptors (Lipinski definition) is 3. The van der Waals surface area contributed by atoms with Crippen LogP contribution in [0.2, 0.25) is 0 Å². The molecule has 162 valence electrons. The average Bonchev–Trinajstić information content (AvgIpc) is 3.21. The summed E-state index contributed by atoms with van der Waals surface area (Å²) in [5.41, 5.74) is 3.72. The van der Waals surface area contributed by atoms with Crippen molar-refractivity contribution in [1.29, 1.82) is 0 Å². The molecule has 0 saturated carbocycles. The van der Waals surface area contributed by atoms with Crippen LogP contribution in [0.1, 0.15) is 5.56 Å². The summed E-state index contributed by atoms with van der Waals surface area (Å²) in [5.74, 6) is 0.701. The van der Waals surface area contributed by atoms with Crippen LogP contribution in [0.3, 0.4) is 0 Å². The van der Waals surface area contributed by atoms with E-state index in [-0.39, 0.29) is 5.91 Å². The van der Waals surface area contributed by atoms with E-state index >= 15 is 0 Å². The Labute approximate surface area is 193 Å². The fraction of sp³-hybridized carbons (Fsp3) is 0.222. The molecule has 1 aliphatic heterocycles. The van der Waals surface area contributed by atoms with Gasteiger partial charge in [0.15, 0.2) is 0 Å². The van der Waals surface area contributed by atoms with Crippen molar-refractivity contribution >= 4 is 34.3 Å². The number of piperazine rings is 1. The van der Waals surface area contributed by atoms with Gasteiger partial charge in [-0.25, -0.2) is 0 Å². The Morgan fingerprint density at radius 3 is 2.19 bits per heavy atom. The number of hydrogen-bond donors (Lipinski definition) is 0. The zero-order valence-corrected chi connectivity index (χ0v) is 18.9. The first kappa shape index (κ1) is 20.7. The van der Waals surface area contributed by atoms with Crippen molar-refractivity contribution in [3.05, 3.63) is 96.7 Å². The highest BCUT2D eigenvalue weighted by Gasteiger charge is 2.21. The van der Waals surface area contributed by atoms with Gasteiger partial charge in [-0.1, -0.05) is 66.7 Å². The summed E-state index contributed by atoms with van der Waals surface area (Å²) in [6, 6.07) is 29.4. The van der Waals surface area contributed by atoms with Crippen molar-refractivity contribution in [2.75, 3.05) is 36.8 Å². The normalized spacial score (nSPS) is 14.1. The number of aromatic nitrogens is 1. The Morgan fingerprint density at radius 2 is 1.44 bits per heavy atom. The molecule has 4 aromatic rings. The lowest BCUT2D eigenvalue weighted by molar-refractivity contribution is -0.128. The molecule has 0 unspecified atom stereocenters. The fourth-order valence-electron chi connectivity index (χ4n) is 4.32. The van der Waals surface area contributed by atoms with Gasteiger partial charge in [-0.3, -0.25) is 4.79 Å². The Hall–Kier alpha value is -3.18. The maximum Gasteiger partial charge on any atom is 0.233 e. The topological polar surface area (TPSA) is 28.5 Å². The van der Waals surface area contributed by atoms with Crippen molar-refractivity contribution in [1.82, 2.24) is 9.47 Å². The van der Waals surface area contributed by atoms with E-state index in [1.54, 1.807) is 11.8 Å². The summed E-state index contributed by atoms with van der Waals surface area (Å²) in [4.78, 5) is 18.5. The minimum atomic E-state index is 0.225. The van der Waals surface area contributed by atoms with Crippen LogP contribution in [-0.2, 0) is 11.3 Å². The van der Waals surface area contributed by atoms with E-state index in [1.807, 2.05) is 17.0 Å². The standard InChI is InChI=1S/C27H27N3OS/c31-27(29-17-15-28(16-18-29)23-11-5-2-6-12-23)21-32-26-20-30(19-22-9-3-1-4-10-22)25-14-8-7-13-24(25)26/h1-14,20H,15-19,21H2. The molecule has 1 aromatic heterocycles. The van der Waals surface area contributed by atoms with Gasteiger partial charge in [0.05, 0.1) is 5.75 Å². The number of anilines is 1. The number of nitrogens with zero attached hydrogens (tertiary/aromatic N) is 3. The quantitative estimate of drug-likeness (QED) is 0.388. The highest BCUT2D eigenvalue weighted by molar-refractivity contribution is 8.00. The average molecular weight is 442 g/mol. The molecular weight excluding hydrogens is 414 g/mol. The predicted molar refractivity (Wildman–Crippen MR) is 133 cm³/mol. The highest BCUT2D eigenvalue weighted by Crippen LogP contribution is 2.31. The van der Waals surface area contributed by atoms with E-state index in [1.165, 1.54) is 27.0 Å². The van der Waals surface area contributed by atoms with E-state index in [0.717, 1.165) is 32.7 Å². The summed E-state index contributed by atoms with van der Waals surface area (Å²) >= 11 is 1.65. The monoisotopic (exact) mass is 441 g/mol. The zero-order chi connectivity index (χ0) is 21.8. The van der Waals surface area contributed by atoms with Crippen LogP contribution >= 0.6 is 11.8 Å². The molecule has 1 saturated heterocycles. The summed E-state index contributed by atoms with van der Waals surface area (Å²) in [5, 5.41) is 1.22. The smallest absolute Gasteiger partial charge is 0.233 e. The van der Waals surface area contributed by atoms with Crippen LogP contribution in [0.25, 0.3) is 10.9 Å². The van der Waals surface area contributed by atoms with Crippen LogP contribution in [-0.4, -0.2) is 47.3 Å². The molecule has 1 aliphatic rings. The number of benzene rings is 3. The molecule has 1 amide bonds. The number of rotatable bonds is 6. The maximum absolute atomic E-state index is 12.9. The van der Waals surface area contributed by atoms with Gasteiger partial charge in [0, 0.05) is 60.4 Å². The number of amides is 1. The van der Waals surface area contributed by atoms with E-state index in [9.17, 15) is 4.79 Å². The van der Waals surface area contributed by atoms with Crippen molar-refractivity contribution in [3.63, 3.8) is 0 Å². The molecule has 0 N–H and O–H groups in total. The van der Waals surface area contributed by atoms with Crippen molar-refractivity contribution in [3.8, 4) is 0 Å². The van der Waals surface area contributed by atoms with Crippen molar-refractivity contribution in [2.45, 2.75) is 11.4 Å². The molecule has 0 spiro atoms. The van der Waals surface area contributed by atoms with Gasteiger partial charge in [0.1, 0.15) is 0 Å². The number of carbonyl (C=O) groups excluding carboxylic acids is 1. The Bertz CT molecular complexity index is 1180. The van der Waals surface area contributed by atoms with Crippen molar-refractivity contribution in [2.24, 2.45) is 0 Å². The Morgan fingerprint density at radius 1 is 0.781 bits per heavy atom. The second kappa shape index (κ2) is 9.53. The van der Waals surface area contributed by atoms with E-state index in [4.69, 9.17) is 0 Å². The van der Waals surface area contributed by atoms with Crippen LogP contribution < -0.4 is 4.90 Å². The van der Waals surface area contributed by atoms with Crippen LogP contribution in [0, 0.1) is 0 Å².